The average molecular weight is 1220 g/mol. The molecule has 0 aliphatic heterocycles. The summed E-state index contributed by atoms with van der Waals surface area (Å²) in [6, 6.07) is 90.8. The molecule has 16 rings (SSSR count). The van der Waals surface area contributed by atoms with E-state index < -0.39 is 11.7 Å². The van der Waals surface area contributed by atoms with E-state index in [1.54, 1.807) is 12.1 Å². The van der Waals surface area contributed by atoms with Crippen molar-refractivity contribution in [1.82, 2.24) is 29.1 Å². The second-order valence-electron chi connectivity index (χ2n) is 23.2. The second-order valence-corrected chi connectivity index (χ2v) is 23.2. The van der Waals surface area contributed by atoms with Gasteiger partial charge in [-0.25, -0.2) is 4.85 Å². The third-order valence-corrected chi connectivity index (χ3v) is 17.6. The summed E-state index contributed by atoms with van der Waals surface area (Å²) in [6.07, 6.45) is 2.72. The van der Waals surface area contributed by atoms with E-state index in [-0.39, 0.29) is 16.8 Å². The van der Waals surface area contributed by atoms with Gasteiger partial charge in [-0.05, 0) is 137 Å². The quantitative estimate of drug-likeness (QED) is 0.120. The number of alkyl halides is 3. The maximum Gasteiger partial charge on any atom is 0.415 e. The maximum atomic E-state index is 15.1. The molecule has 0 amide bonds. The van der Waals surface area contributed by atoms with E-state index in [2.05, 4.69) is 59.4 Å². The fourth-order valence-corrected chi connectivity index (χ4v) is 12.9. The Balaban J connectivity index is 0.941. The molecule has 0 bridgehead atoms. The SMILES string of the molecule is [C-]#[N+]c1cc(-c2cc(-n3c4ccc(-c5ccc(-c6ccccc6)nc5)cc4c4cc(-c5ccc(-c6ccccc6)nc5)ccc43)c(C#N)c(-n3c4ccc(-c5ccc(-c6ccccc6)nc5)cc4c4cc(-c5ccc(-c6ccccc6)nc5)ccc43)c2)cc(C(F)(F)F)c1. The molecule has 0 aliphatic rings. The fraction of sp³-hybridized carbons (Fsp3) is 0.0120. The Labute approximate surface area is 538 Å². The number of fused-ring (bicyclic) bond motifs is 6. The zero-order valence-corrected chi connectivity index (χ0v) is 50.0. The molecule has 0 aliphatic carbocycles. The summed E-state index contributed by atoms with van der Waals surface area (Å²) in [4.78, 5) is 23.1. The van der Waals surface area contributed by atoms with Crippen LogP contribution >= 0.6 is 0 Å². The highest BCUT2D eigenvalue weighted by atomic mass is 19.4. The first-order valence-electron chi connectivity index (χ1n) is 30.5. The molecule has 94 heavy (non-hydrogen) atoms. The molecule has 16 aromatic rings. The molecular weight excluding hydrogens is 1170 g/mol. The summed E-state index contributed by atoms with van der Waals surface area (Å²) < 4.78 is 49.3. The zero-order chi connectivity index (χ0) is 63.4. The summed E-state index contributed by atoms with van der Waals surface area (Å²) >= 11 is 0. The maximum absolute atomic E-state index is 15.1. The first-order chi connectivity index (χ1) is 46.1. The molecule has 0 radical (unpaired) electrons. The van der Waals surface area contributed by atoms with Crippen LogP contribution in [0.1, 0.15) is 11.1 Å². The number of hydrogen-bond acceptors (Lipinski definition) is 5. The summed E-state index contributed by atoms with van der Waals surface area (Å²) in [5.41, 5.74) is 17.9. The van der Waals surface area contributed by atoms with Crippen molar-refractivity contribution in [2.24, 2.45) is 0 Å². The van der Waals surface area contributed by atoms with E-state index in [9.17, 15) is 5.26 Å². The Morgan fingerprint density at radius 2 is 0.617 bits per heavy atom. The van der Waals surface area contributed by atoms with Gasteiger partial charge in [-0.1, -0.05) is 170 Å². The summed E-state index contributed by atoms with van der Waals surface area (Å²) in [5.74, 6) is 0. The molecule has 0 saturated heterocycles. The highest BCUT2D eigenvalue weighted by Gasteiger charge is 2.32. The standard InChI is InChI=1S/C83H49F3N8/c1-88-67-39-64(38-66(46-67)83(84,85)86)65-44-81(93-77-34-26-56(60-22-30-73(89-48-60)52-14-6-2-7-15-52)40-68(77)69-41-57(27-35-78(69)93)61-23-31-74(90-49-61)53-16-8-3-9-17-53)72(47-87)82(45-65)94-79-36-28-58(62-24-32-75(91-50-62)54-18-10-4-11-19-54)42-70(79)71-43-59(29-37-80(71)94)63-25-33-76(92-51-63)55-20-12-5-13-21-55/h2-46,48-51H. The minimum absolute atomic E-state index is 0.152. The smallest absolute Gasteiger partial charge is 0.308 e. The van der Waals surface area contributed by atoms with E-state index in [1.165, 1.54) is 6.07 Å². The number of pyridine rings is 4. The topological polar surface area (TPSA) is 89.6 Å². The predicted octanol–water partition coefficient (Wildman–Crippen LogP) is 21.9. The van der Waals surface area contributed by atoms with E-state index in [0.29, 0.717) is 16.9 Å². The minimum atomic E-state index is -4.78. The van der Waals surface area contributed by atoms with Gasteiger partial charge in [0.1, 0.15) is 11.6 Å². The molecule has 0 fully saturated rings. The number of benzene rings is 10. The van der Waals surface area contributed by atoms with E-state index in [1.807, 2.05) is 228 Å². The van der Waals surface area contributed by atoms with Gasteiger partial charge in [-0.3, -0.25) is 19.9 Å². The summed E-state index contributed by atoms with van der Waals surface area (Å²) in [5, 5.41) is 15.5. The summed E-state index contributed by atoms with van der Waals surface area (Å²) in [6.45, 7) is 8.05. The Kier molecular flexibility index (Phi) is 13.9. The molecule has 0 N–H and O–H groups in total. The van der Waals surface area contributed by atoms with Crippen LogP contribution in [0.3, 0.4) is 0 Å². The van der Waals surface area contributed by atoms with E-state index >= 15 is 13.2 Å². The average Bonchev–Trinajstić information content (AvgIpc) is 1.55. The fourth-order valence-electron chi connectivity index (χ4n) is 12.9. The lowest BCUT2D eigenvalue weighted by Gasteiger charge is -2.19. The molecule has 0 atom stereocenters. The van der Waals surface area contributed by atoms with Crippen molar-refractivity contribution in [2.75, 3.05) is 0 Å². The van der Waals surface area contributed by atoms with Crippen LogP contribution in [-0.4, -0.2) is 29.1 Å². The second kappa shape index (κ2) is 23.2. The molecule has 442 valence electrons. The van der Waals surface area contributed by atoms with Crippen molar-refractivity contribution < 1.29 is 13.2 Å². The number of hydrogen-bond donors (Lipinski definition) is 0. The monoisotopic (exact) mass is 1210 g/mol. The van der Waals surface area contributed by atoms with Gasteiger partial charge in [-0.2, -0.15) is 18.4 Å². The van der Waals surface area contributed by atoms with Gasteiger partial charge in [0.05, 0.1) is 62.8 Å². The lowest BCUT2D eigenvalue weighted by Crippen LogP contribution is -2.06. The molecule has 6 aromatic heterocycles. The zero-order valence-electron chi connectivity index (χ0n) is 50.0. The van der Waals surface area contributed by atoms with Crippen molar-refractivity contribution >= 4 is 49.3 Å². The van der Waals surface area contributed by atoms with Crippen LogP contribution in [0, 0.1) is 17.9 Å². The molecule has 0 spiro atoms. The Morgan fingerprint density at radius 3 is 0.883 bits per heavy atom. The van der Waals surface area contributed by atoms with Gasteiger partial charge in [0.15, 0.2) is 5.69 Å². The van der Waals surface area contributed by atoms with Crippen LogP contribution in [0.5, 0.6) is 0 Å². The van der Waals surface area contributed by atoms with Crippen molar-refractivity contribution in [2.45, 2.75) is 6.18 Å². The largest absolute Gasteiger partial charge is 0.415 e. The number of halogens is 3. The minimum Gasteiger partial charge on any atom is -0.308 e. The highest BCUT2D eigenvalue weighted by Crippen LogP contribution is 2.45. The van der Waals surface area contributed by atoms with Crippen LogP contribution in [0.15, 0.2) is 298 Å². The van der Waals surface area contributed by atoms with Crippen molar-refractivity contribution in [1.29, 1.82) is 5.26 Å². The van der Waals surface area contributed by atoms with Crippen molar-refractivity contribution in [3.8, 4) is 118 Å². The van der Waals surface area contributed by atoms with Gasteiger partial charge in [0.2, 0.25) is 0 Å². The van der Waals surface area contributed by atoms with Crippen LogP contribution in [0.25, 0.3) is 160 Å². The van der Waals surface area contributed by atoms with Crippen LogP contribution in [0.4, 0.5) is 18.9 Å². The lowest BCUT2D eigenvalue weighted by molar-refractivity contribution is -0.137. The van der Waals surface area contributed by atoms with Gasteiger partial charge >= 0.3 is 6.18 Å². The van der Waals surface area contributed by atoms with E-state index in [0.717, 1.165) is 145 Å². The Morgan fingerprint density at radius 1 is 0.319 bits per heavy atom. The number of nitrogens with zero attached hydrogens (tertiary/aromatic N) is 8. The molecule has 11 heteroatoms. The van der Waals surface area contributed by atoms with Gasteiger partial charge < -0.3 is 9.13 Å². The third kappa shape index (κ3) is 10.3. The van der Waals surface area contributed by atoms with Gasteiger partial charge in [0.25, 0.3) is 0 Å². The molecular formula is C83H49F3N8. The number of nitriles is 1. The number of rotatable bonds is 11. The normalized spacial score (nSPS) is 11.5. The highest BCUT2D eigenvalue weighted by molar-refractivity contribution is 6.14. The molecule has 0 saturated carbocycles. The lowest BCUT2D eigenvalue weighted by atomic mass is 9.97. The van der Waals surface area contributed by atoms with Gasteiger partial charge in [0, 0.05) is 96.4 Å². The first kappa shape index (κ1) is 56.4. The third-order valence-electron chi connectivity index (χ3n) is 17.6. The predicted molar refractivity (Wildman–Crippen MR) is 371 cm³/mol. The Hall–Kier alpha value is -12.8. The molecule has 10 aromatic carbocycles. The van der Waals surface area contributed by atoms with Crippen LogP contribution < -0.4 is 0 Å². The van der Waals surface area contributed by atoms with E-state index in [4.69, 9.17) is 26.5 Å². The number of aromatic nitrogens is 6. The molecule has 0 unspecified atom stereocenters. The summed E-state index contributed by atoms with van der Waals surface area (Å²) in [7, 11) is 0. The first-order valence-corrected chi connectivity index (χ1v) is 30.5. The molecule has 8 nitrogen and oxygen atoms in total. The molecule has 6 heterocycles. The Bertz CT molecular complexity index is 5090. The van der Waals surface area contributed by atoms with Crippen molar-refractivity contribution in [3.63, 3.8) is 0 Å². The van der Waals surface area contributed by atoms with Crippen molar-refractivity contribution in [3.05, 3.63) is 320 Å². The van der Waals surface area contributed by atoms with Gasteiger partial charge in [-0.15, -0.1) is 0 Å². The van der Waals surface area contributed by atoms with Crippen LogP contribution in [-0.2, 0) is 6.18 Å². The van der Waals surface area contributed by atoms with Crippen LogP contribution in [0.2, 0.25) is 0 Å².